The van der Waals surface area contributed by atoms with Crippen LogP contribution in [0.25, 0.3) is 33.2 Å². The number of hydrogen-bond donors (Lipinski definition) is 2. The maximum atomic E-state index is 13.2. The van der Waals surface area contributed by atoms with E-state index < -0.39 is 17.6 Å². The maximum absolute atomic E-state index is 13.2. The molecule has 1 saturated heterocycles. The number of pyridine rings is 1. The monoisotopic (exact) mass is 614 g/mol. The minimum atomic E-state index is -4.53. The number of nitrogens with zero attached hydrogens (tertiary/aromatic N) is 4. The predicted octanol–water partition coefficient (Wildman–Crippen LogP) is 6.37. The van der Waals surface area contributed by atoms with Crippen molar-refractivity contribution in [3.63, 3.8) is 0 Å². The number of carbonyl (C=O) groups excluding carboxylic acids is 1. The van der Waals surface area contributed by atoms with E-state index in [1.807, 2.05) is 25.1 Å². The fraction of sp³-hybridized carbons (Fsp3) is 0.212. The number of amides is 1. The van der Waals surface area contributed by atoms with E-state index in [0.29, 0.717) is 46.6 Å². The van der Waals surface area contributed by atoms with Crippen molar-refractivity contribution in [2.75, 3.05) is 49.4 Å². The Balaban J connectivity index is 1.43. The fourth-order valence-electron chi connectivity index (χ4n) is 5.40. The number of ether oxygens (including phenoxy) is 2. The molecule has 3 N–H and O–H groups in total. The van der Waals surface area contributed by atoms with Crippen molar-refractivity contribution in [3.8, 4) is 28.0 Å². The number of nitrogens with two attached hydrogens (primary N) is 1. The van der Waals surface area contributed by atoms with E-state index in [-0.39, 0.29) is 17.2 Å². The molecule has 5 aromatic rings. The molecule has 0 radical (unpaired) electrons. The van der Waals surface area contributed by atoms with Crippen LogP contribution < -0.4 is 20.7 Å². The van der Waals surface area contributed by atoms with Crippen molar-refractivity contribution in [2.24, 2.45) is 0 Å². The lowest BCUT2D eigenvalue weighted by atomic mass is 9.91. The van der Waals surface area contributed by atoms with Crippen LogP contribution in [0.2, 0.25) is 0 Å². The van der Waals surface area contributed by atoms with Gasteiger partial charge in [0.2, 0.25) is 5.95 Å². The number of anilines is 3. The summed E-state index contributed by atoms with van der Waals surface area (Å²) in [4.78, 5) is 28.8. The number of benzene rings is 3. The van der Waals surface area contributed by atoms with E-state index in [9.17, 15) is 18.0 Å². The van der Waals surface area contributed by atoms with Crippen LogP contribution in [0, 0.1) is 6.92 Å². The molecule has 3 aromatic carbocycles. The van der Waals surface area contributed by atoms with E-state index in [1.54, 1.807) is 37.7 Å². The van der Waals surface area contributed by atoms with Gasteiger partial charge in [-0.3, -0.25) is 4.79 Å². The largest absolute Gasteiger partial charge is 0.495 e. The van der Waals surface area contributed by atoms with E-state index in [4.69, 9.17) is 20.2 Å². The zero-order chi connectivity index (χ0) is 31.7. The second kappa shape index (κ2) is 12.0. The standard InChI is InChI=1S/C33H29F3N6O3/c1-19-6-7-20(31(43)40-24-5-3-4-23(16-24)33(34,35)36)14-25(19)26-15-22-18-39-32(37)41-29(22)28(30(26)44-2)21-8-9-27(38-17-21)42-10-12-45-13-11-42/h3-9,14-18H,10-13H2,1-2H3,(H,40,43)(H2,37,39,41). The lowest BCUT2D eigenvalue weighted by molar-refractivity contribution is -0.137. The van der Waals surface area contributed by atoms with Gasteiger partial charge in [0.15, 0.2) is 0 Å². The first-order valence-corrected chi connectivity index (χ1v) is 14.1. The number of carbonyl (C=O) groups is 1. The Labute approximate surface area is 256 Å². The number of rotatable bonds is 6. The maximum Gasteiger partial charge on any atom is 0.416 e. The highest BCUT2D eigenvalue weighted by Crippen LogP contribution is 2.45. The number of aryl methyl sites for hydroxylation is 1. The average molecular weight is 615 g/mol. The highest BCUT2D eigenvalue weighted by atomic mass is 19.4. The summed E-state index contributed by atoms with van der Waals surface area (Å²) >= 11 is 0. The number of nitrogens with one attached hydrogen (secondary N) is 1. The van der Waals surface area contributed by atoms with Gasteiger partial charge in [0.25, 0.3) is 5.91 Å². The molecule has 230 valence electrons. The molecule has 6 rings (SSSR count). The molecule has 9 nitrogen and oxygen atoms in total. The Morgan fingerprint density at radius 3 is 2.51 bits per heavy atom. The van der Waals surface area contributed by atoms with Crippen LogP contribution >= 0.6 is 0 Å². The molecule has 1 aliphatic rings. The van der Waals surface area contributed by atoms with Crippen molar-refractivity contribution >= 4 is 34.3 Å². The first-order chi connectivity index (χ1) is 21.6. The lowest BCUT2D eigenvalue weighted by Crippen LogP contribution is -2.36. The lowest BCUT2D eigenvalue weighted by Gasteiger charge is -2.27. The number of morpholine rings is 1. The third-order valence-electron chi connectivity index (χ3n) is 7.66. The van der Waals surface area contributed by atoms with E-state index in [1.165, 1.54) is 12.1 Å². The van der Waals surface area contributed by atoms with Gasteiger partial charge in [-0.1, -0.05) is 12.1 Å². The number of fused-ring (bicyclic) bond motifs is 1. The summed E-state index contributed by atoms with van der Waals surface area (Å²) in [6.07, 6.45) is -1.15. The van der Waals surface area contributed by atoms with Crippen molar-refractivity contribution in [1.82, 2.24) is 15.0 Å². The topological polar surface area (TPSA) is 115 Å². The molecule has 12 heteroatoms. The average Bonchev–Trinajstić information content (AvgIpc) is 3.04. The molecule has 3 heterocycles. The van der Waals surface area contributed by atoms with E-state index in [0.717, 1.165) is 42.2 Å². The Kier molecular flexibility index (Phi) is 7.98. The van der Waals surface area contributed by atoms with Gasteiger partial charge in [-0.15, -0.1) is 0 Å². The summed E-state index contributed by atoms with van der Waals surface area (Å²) in [5.74, 6) is 0.849. The zero-order valence-corrected chi connectivity index (χ0v) is 24.5. The van der Waals surface area contributed by atoms with Crippen molar-refractivity contribution in [2.45, 2.75) is 13.1 Å². The van der Waals surface area contributed by atoms with E-state index >= 15 is 0 Å². The highest BCUT2D eigenvalue weighted by Gasteiger charge is 2.30. The molecule has 0 unspecified atom stereocenters. The van der Waals surface area contributed by atoms with Gasteiger partial charge in [-0.25, -0.2) is 15.0 Å². The summed E-state index contributed by atoms with van der Waals surface area (Å²) in [5, 5.41) is 3.26. The van der Waals surface area contributed by atoms with Gasteiger partial charge < -0.3 is 25.4 Å². The van der Waals surface area contributed by atoms with Crippen LogP contribution in [-0.4, -0.2) is 54.3 Å². The van der Waals surface area contributed by atoms with Crippen LogP contribution in [-0.2, 0) is 10.9 Å². The number of hydrogen-bond acceptors (Lipinski definition) is 8. The van der Waals surface area contributed by atoms with Gasteiger partial charge >= 0.3 is 6.18 Å². The SMILES string of the molecule is COc1c(-c2cc(C(=O)Nc3cccc(C(F)(F)F)c3)ccc2C)cc2cnc(N)nc2c1-c1ccc(N2CCOCC2)nc1. The van der Waals surface area contributed by atoms with Gasteiger partial charge in [0.05, 0.1) is 37.0 Å². The third kappa shape index (κ3) is 6.09. The summed E-state index contributed by atoms with van der Waals surface area (Å²) in [6.45, 7) is 4.65. The molecular formula is C33H29F3N6O3. The third-order valence-corrected chi connectivity index (χ3v) is 7.66. The molecular weight excluding hydrogens is 585 g/mol. The van der Waals surface area contributed by atoms with Crippen LogP contribution in [0.5, 0.6) is 5.75 Å². The Morgan fingerprint density at radius 2 is 1.80 bits per heavy atom. The van der Waals surface area contributed by atoms with Gasteiger partial charge in [0.1, 0.15) is 11.6 Å². The van der Waals surface area contributed by atoms with Crippen molar-refractivity contribution < 1.29 is 27.4 Å². The number of nitrogen functional groups attached to an aromatic ring is 1. The van der Waals surface area contributed by atoms with Crippen LogP contribution in [0.3, 0.4) is 0 Å². The van der Waals surface area contributed by atoms with Gasteiger partial charge in [-0.2, -0.15) is 13.2 Å². The second-order valence-corrected chi connectivity index (χ2v) is 10.6. The van der Waals surface area contributed by atoms with E-state index in [2.05, 4.69) is 20.2 Å². The van der Waals surface area contributed by atoms with Crippen LogP contribution in [0.4, 0.5) is 30.6 Å². The molecule has 1 fully saturated rings. The Hall–Kier alpha value is -5.23. The van der Waals surface area contributed by atoms with Gasteiger partial charge in [-0.05, 0) is 66.6 Å². The predicted molar refractivity (Wildman–Crippen MR) is 166 cm³/mol. The van der Waals surface area contributed by atoms with Gasteiger partial charge in [0, 0.05) is 53.2 Å². The normalized spacial score (nSPS) is 13.6. The molecule has 0 atom stereocenters. The summed E-state index contributed by atoms with van der Waals surface area (Å²) in [5.41, 5.74) is 9.58. The molecule has 0 aliphatic carbocycles. The molecule has 0 saturated carbocycles. The first-order valence-electron chi connectivity index (χ1n) is 14.1. The number of methoxy groups -OCH3 is 1. The smallest absolute Gasteiger partial charge is 0.416 e. The molecule has 1 aliphatic heterocycles. The number of aromatic nitrogens is 3. The minimum Gasteiger partial charge on any atom is -0.495 e. The molecule has 45 heavy (non-hydrogen) atoms. The quantitative estimate of drug-likeness (QED) is 0.227. The summed E-state index contributed by atoms with van der Waals surface area (Å²) in [7, 11) is 1.55. The van der Waals surface area contributed by atoms with Crippen LogP contribution in [0.1, 0.15) is 21.5 Å². The number of halogens is 3. The van der Waals surface area contributed by atoms with Crippen molar-refractivity contribution in [3.05, 3.63) is 89.7 Å². The van der Waals surface area contributed by atoms with Crippen molar-refractivity contribution in [1.29, 1.82) is 0 Å². The molecule has 1 amide bonds. The molecule has 0 spiro atoms. The number of alkyl halides is 3. The Bertz CT molecular complexity index is 1890. The zero-order valence-electron chi connectivity index (χ0n) is 24.5. The summed E-state index contributed by atoms with van der Waals surface area (Å²) < 4.78 is 51.2. The molecule has 2 aromatic heterocycles. The first kappa shape index (κ1) is 29.8. The Morgan fingerprint density at radius 1 is 1.00 bits per heavy atom. The molecule has 0 bridgehead atoms. The summed E-state index contributed by atoms with van der Waals surface area (Å²) in [6, 6.07) is 15.3. The fourth-order valence-corrected chi connectivity index (χ4v) is 5.40. The minimum absolute atomic E-state index is 0.0327. The highest BCUT2D eigenvalue weighted by molar-refractivity contribution is 6.07. The van der Waals surface area contributed by atoms with Crippen LogP contribution in [0.15, 0.2) is 73.1 Å². The second-order valence-electron chi connectivity index (χ2n) is 10.6.